The number of nitrogens with one attached hydrogen (secondary N) is 2. The molecule has 19 heavy (non-hydrogen) atoms. The lowest BCUT2D eigenvalue weighted by Crippen LogP contribution is -2.32. The Morgan fingerprint density at radius 3 is 2.95 bits per heavy atom. The lowest BCUT2D eigenvalue weighted by Gasteiger charge is -2.28. The van der Waals surface area contributed by atoms with Gasteiger partial charge in [-0.05, 0) is 38.0 Å². The van der Waals surface area contributed by atoms with Crippen LogP contribution in [0.3, 0.4) is 0 Å². The predicted octanol–water partition coefficient (Wildman–Crippen LogP) is 3.01. The zero-order chi connectivity index (χ0) is 13.7. The average molecular weight is 262 g/mol. The second-order valence-corrected chi connectivity index (χ2v) is 5.03. The van der Waals surface area contributed by atoms with Gasteiger partial charge in [-0.1, -0.05) is 13.0 Å². The molecule has 0 radical (unpaired) electrons. The van der Waals surface area contributed by atoms with Crippen molar-refractivity contribution in [3.8, 4) is 0 Å². The molecule has 4 heteroatoms. The summed E-state index contributed by atoms with van der Waals surface area (Å²) in [4.78, 5) is 11.4. The third-order valence-corrected chi connectivity index (χ3v) is 3.32. The quantitative estimate of drug-likeness (QED) is 0.877. The largest absolute Gasteiger partial charge is 0.382 e. The van der Waals surface area contributed by atoms with Gasteiger partial charge in [0.15, 0.2) is 0 Å². The van der Waals surface area contributed by atoms with Gasteiger partial charge in [0.25, 0.3) is 0 Å². The Hall–Kier alpha value is -1.55. The molecule has 0 spiro atoms. The van der Waals surface area contributed by atoms with Gasteiger partial charge < -0.3 is 15.4 Å². The van der Waals surface area contributed by atoms with Crippen LogP contribution in [0.4, 0.5) is 11.4 Å². The van der Waals surface area contributed by atoms with Crippen LogP contribution >= 0.6 is 0 Å². The molecule has 1 aliphatic rings. The van der Waals surface area contributed by atoms with Gasteiger partial charge >= 0.3 is 0 Å². The molecule has 0 aliphatic carbocycles. The lowest BCUT2D eigenvalue weighted by atomic mass is 10.0. The number of hydrogen-bond donors (Lipinski definition) is 2. The smallest absolute Gasteiger partial charge is 0.224 e. The van der Waals surface area contributed by atoms with Crippen molar-refractivity contribution in [1.29, 1.82) is 0 Å². The number of benzene rings is 1. The van der Waals surface area contributed by atoms with Crippen molar-refractivity contribution in [3.05, 3.63) is 24.3 Å². The maximum atomic E-state index is 11.4. The zero-order valence-electron chi connectivity index (χ0n) is 11.6. The summed E-state index contributed by atoms with van der Waals surface area (Å²) in [5.41, 5.74) is 1.89. The molecule has 1 aromatic carbocycles. The molecule has 1 aromatic rings. The fourth-order valence-corrected chi connectivity index (χ4v) is 2.30. The number of carbonyl (C=O) groups excluding carboxylic acids is 1. The normalized spacial score (nSPS) is 22.8. The first-order chi connectivity index (χ1) is 9.17. The fraction of sp³-hybridized carbons (Fsp3) is 0.533. The van der Waals surface area contributed by atoms with Crippen LogP contribution in [0.2, 0.25) is 0 Å². The van der Waals surface area contributed by atoms with Gasteiger partial charge in [0, 0.05) is 30.4 Å². The van der Waals surface area contributed by atoms with Crippen LogP contribution in [0, 0.1) is 0 Å². The molecule has 1 saturated heterocycles. The minimum Gasteiger partial charge on any atom is -0.382 e. The zero-order valence-corrected chi connectivity index (χ0v) is 11.6. The molecule has 104 valence electrons. The minimum absolute atomic E-state index is 0.0387. The molecule has 1 fully saturated rings. The first-order valence-electron chi connectivity index (χ1n) is 6.95. The van der Waals surface area contributed by atoms with Crippen LogP contribution < -0.4 is 10.6 Å². The third-order valence-electron chi connectivity index (χ3n) is 3.32. The molecule has 2 unspecified atom stereocenters. The van der Waals surface area contributed by atoms with E-state index >= 15 is 0 Å². The van der Waals surface area contributed by atoms with E-state index in [1.807, 2.05) is 31.2 Å². The molecule has 2 rings (SSSR count). The maximum Gasteiger partial charge on any atom is 0.224 e. The highest BCUT2D eigenvalue weighted by Crippen LogP contribution is 2.21. The highest BCUT2D eigenvalue weighted by molar-refractivity contribution is 5.90. The van der Waals surface area contributed by atoms with Crippen molar-refractivity contribution in [2.75, 3.05) is 17.2 Å². The van der Waals surface area contributed by atoms with Crippen molar-refractivity contribution in [1.82, 2.24) is 0 Å². The number of rotatable bonds is 4. The van der Waals surface area contributed by atoms with Crippen molar-refractivity contribution in [2.24, 2.45) is 0 Å². The second kappa shape index (κ2) is 6.57. The van der Waals surface area contributed by atoms with E-state index in [-0.39, 0.29) is 5.91 Å². The number of anilines is 2. The molecule has 0 bridgehead atoms. The van der Waals surface area contributed by atoms with Gasteiger partial charge in [-0.25, -0.2) is 0 Å². The van der Waals surface area contributed by atoms with Crippen LogP contribution in [0.25, 0.3) is 0 Å². The van der Waals surface area contributed by atoms with Crippen LogP contribution in [0.15, 0.2) is 24.3 Å². The van der Waals surface area contributed by atoms with Gasteiger partial charge in [-0.15, -0.1) is 0 Å². The highest BCUT2D eigenvalue weighted by Gasteiger charge is 2.18. The maximum absolute atomic E-state index is 11.4. The van der Waals surface area contributed by atoms with Crippen molar-refractivity contribution in [3.63, 3.8) is 0 Å². The summed E-state index contributed by atoms with van der Waals surface area (Å²) in [6.07, 6.45) is 2.85. The monoisotopic (exact) mass is 262 g/mol. The molecule has 4 nitrogen and oxygen atoms in total. The number of amides is 1. The number of hydrogen-bond acceptors (Lipinski definition) is 3. The van der Waals surface area contributed by atoms with Gasteiger partial charge in [-0.3, -0.25) is 4.79 Å². The Balaban J connectivity index is 1.96. The molecule has 2 atom stereocenters. The van der Waals surface area contributed by atoms with E-state index in [2.05, 4.69) is 17.6 Å². The third kappa shape index (κ3) is 4.24. The summed E-state index contributed by atoms with van der Waals surface area (Å²) >= 11 is 0. The molecule has 1 heterocycles. The van der Waals surface area contributed by atoms with E-state index in [9.17, 15) is 4.79 Å². The topological polar surface area (TPSA) is 50.4 Å². The number of carbonyl (C=O) groups is 1. The van der Waals surface area contributed by atoms with E-state index in [4.69, 9.17) is 4.74 Å². The summed E-state index contributed by atoms with van der Waals surface area (Å²) in [5.74, 6) is 0.0387. The molecular formula is C15H22N2O2. The van der Waals surface area contributed by atoms with Gasteiger partial charge in [0.1, 0.15) is 0 Å². The Morgan fingerprint density at radius 1 is 1.42 bits per heavy atom. The lowest BCUT2D eigenvalue weighted by molar-refractivity contribution is -0.115. The van der Waals surface area contributed by atoms with Gasteiger partial charge in [-0.2, -0.15) is 0 Å². The Kier molecular flexibility index (Phi) is 4.80. The van der Waals surface area contributed by atoms with Crippen LogP contribution in [0.1, 0.15) is 33.1 Å². The molecular weight excluding hydrogens is 240 g/mol. The Morgan fingerprint density at radius 2 is 2.21 bits per heavy atom. The minimum atomic E-state index is 0.0387. The van der Waals surface area contributed by atoms with Crippen molar-refractivity contribution in [2.45, 2.75) is 45.3 Å². The van der Waals surface area contributed by atoms with Crippen LogP contribution in [0.5, 0.6) is 0 Å². The van der Waals surface area contributed by atoms with E-state index in [1.54, 1.807) is 0 Å². The average Bonchev–Trinajstić information content (AvgIpc) is 2.39. The SMILES string of the molecule is CCC(=O)Nc1cccc(NC2CCOC(C)C2)c1. The second-order valence-electron chi connectivity index (χ2n) is 5.03. The molecule has 2 N–H and O–H groups in total. The van der Waals surface area contributed by atoms with Crippen LogP contribution in [-0.4, -0.2) is 24.7 Å². The summed E-state index contributed by atoms with van der Waals surface area (Å²) in [7, 11) is 0. The summed E-state index contributed by atoms with van der Waals surface area (Å²) in [6.45, 7) is 4.76. The molecule has 0 aromatic heterocycles. The van der Waals surface area contributed by atoms with Crippen molar-refractivity contribution < 1.29 is 9.53 Å². The molecule has 1 aliphatic heterocycles. The first kappa shape index (κ1) is 13.9. The van der Waals surface area contributed by atoms with Crippen molar-refractivity contribution >= 4 is 17.3 Å². The Bertz CT molecular complexity index is 434. The Labute approximate surface area is 114 Å². The summed E-state index contributed by atoms with van der Waals surface area (Å²) < 4.78 is 5.54. The molecule has 0 saturated carbocycles. The fourth-order valence-electron chi connectivity index (χ4n) is 2.30. The first-order valence-corrected chi connectivity index (χ1v) is 6.95. The van der Waals surface area contributed by atoms with E-state index < -0.39 is 0 Å². The summed E-state index contributed by atoms with van der Waals surface area (Å²) in [6, 6.07) is 8.32. The van der Waals surface area contributed by atoms with E-state index in [0.29, 0.717) is 18.6 Å². The highest BCUT2D eigenvalue weighted by atomic mass is 16.5. The molecule has 1 amide bonds. The number of ether oxygens (including phenoxy) is 1. The van der Waals surface area contributed by atoms with E-state index in [0.717, 1.165) is 30.8 Å². The van der Waals surface area contributed by atoms with E-state index in [1.165, 1.54) is 0 Å². The van der Waals surface area contributed by atoms with Gasteiger partial charge in [0.05, 0.1) is 6.10 Å². The predicted molar refractivity (Wildman–Crippen MR) is 77.4 cm³/mol. The summed E-state index contributed by atoms with van der Waals surface area (Å²) in [5, 5.41) is 6.39. The standard InChI is InChI=1S/C15H22N2O2/c1-3-15(18)17-13-6-4-5-12(10-13)16-14-7-8-19-11(2)9-14/h4-6,10-11,14,16H,3,7-9H2,1-2H3,(H,17,18). The van der Waals surface area contributed by atoms with Crippen LogP contribution in [-0.2, 0) is 9.53 Å². The van der Waals surface area contributed by atoms with Gasteiger partial charge in [0.2, 0.25) is 5.91 Å².